The van der Waals surface area contributed by atoms with Crippen molar-refractivity contribution in [2.75, 3.05) is 24.7 Å². The topological polar surface area (TPSA) is 180 Å². The van der Waals surface area contributed by atoms with Crippen molar-refractivity contribution >= 4 is 32.4 Å². The van der Waals surface area contributed by atoms with Gasteiger partial charge in [-0.15, -0.1) is 0 Å². The highest BCUT2D eigenvalue weighted by Crippen LogP contribution is 2.24. The number of carbonyl (C=O) groups excluding carboxylic acids is 2. The molecule has 12 nitrogen and oxygen atoms in total. The van der Waals surface area contributed by atoms with Gasteiger partial charge in [-0.3, -0.25) is 8.74 Å². The number of aliphatic hydroxyl groups excluding tert-OH is 1. The van der Waals surface area contributed by atoms with E-state index in [0.29, 0.717) is 0 Å². The van der Waals surface area contributed by atoms with Gasteiger partial charge < -0.3 is 19.3 Å². The van der Waals surface area contributed by atoms with E-state index in [4.69, 9.17) is 13.5 Å². The lowest BCUT2D eigenvalue weighted by Gasteiger charge is -2.29. The summed E-state index contributed by atoms with van der Waals surface area (Å²) in [5, 5.41) is 10.1. The number of hydrogen-bond acceptors (Lipinski definition) is 11. The van der Waals surface area contributed by atoms with E-state index in [2.05, 4.69) is 9.47 Å². The summed E-state index contributed by atoms with van der Waals surface area (Å²) < 4.78 is 71.8. The Kier molecular flexibility index (Phi) is 10.3. The molecule has 0 aromatic carbocycles. The van der Waals surface area contributed by atoms with Crippen LogP contribution >= 0.6 is 0 Å². The van der Waals surface area contributed by atoms with Gasteiger partial charge in [0, 0.05) is 12.3 Å². The molecule has 0 aromatic heterocycles. The summed E-state index contributed by atoms with van der Waals surface area (Å²) in [6, 6.07) is 0. The van der Waals surface area contributed by atoms with Crippen LogP contribution < -0.4 is 0 Å². The smallest absolute Gasteiger partial charge is 0.435 e. The first-order chi connectivity index (χ1) is 12.6. The molecule has 0 heterocycles. The lowest BCUT2D eigenvalue weighted by Crippen LogP contribution is -2.43. The number of hydrogen-bond donors (Lipinski definition) is 2. The fourth-order valence-electron chi connectivity index (χ4n) is 1.66. The molecule has 1 unspecified atom stereocenters. The molecular weight excluding hydrogens is 424 g/mol. The molecule has 0 saturated heterocycles. The summed E-state index contributed by atoms with van der Waals surface area (Å²) in [7, 11) is -8.47. The zero-order valence-corrected chi connectivity index (χ0v) is 17.6. The van der Waals surface area contributed by atoms with Crippen LogP contribution in [0.3, 0.4) is 0 Å². The number of esters is 1. The molecule has 0 aliphatic rings. The Labute approximate surface area is 164 Å². The van der Waals surface area contributed by atoms with Crippen LogP contribution in [0.15, 0.2) is 0 Å². The van der Waals surface area contributed by atoms with E-state index in [0.717, 1.165) is 0 Å². The number of ether oxygens (including phenoxy) is 3. The molecule has 0 aliphatic carbocycles. The molecular formula is C14H26O12S2. The summed E-state index contributed by atoms with van der Waals surface area (Å²) in [5.41, 5.74) is -1.42. The van der Waals surface area contributed by atoms with Gasteiger partial charge in [-0.2, -0.15) is 16.8 Å². The van der Waals surface area contributed by atoms with Gasteiger partial charge in [0.05, 0.1) is 24.7 Å². The van der Waals surface area contributed by atoms with E-state index in [1.165, 1.54) is 20.8 Å². The molecule has 2 N–H and O–H groups in total. The van der Waals surface area contributed by atoms with E-state index >= 15 is 0 Å². The zero-order chi connectivity index (χ0) is 22.2. The van der Waals surface area contributed by atoms with E-state index in [1.807, 2.05) is 0 Å². The van der Waals surface area contributed by atoms with E-state index in [9.17, 15) is 31.5 Å². The van der Waals surface area contributed by atoms with Crippen molar-refractivity contribution in [1.82, 2.24) is 0 Å². The first kappa shape index (κ1) is 26.5. The van der Waals surface area contributed by atoms with Crippen molar-refractivity contribution in [3.63, 3.8) is 0 Å². The van der Waals surface area contributed by atoms with Gasteiger partial charge >= 0.3 is 12.1 Å². The fraction of sp³-hybridized carbons (Fsp3) is 0.857. The van der Waals surface area contributed by atoms with E-state index < -0.39 is 74.7 Å². The van der Waals surface area contributed by atoms with Crippen LogP contribution in [0.1, 0.15) is 34.1 Å². The van der Waals surface area contributed by atoms with E-state index in [-0.39, 0.29) is 6.61 Å². The minimum Gasteiger partial charge on any atom is -0.435 e. The van der Waals surface area contributed by atoms with Crippen LogP contribution in [-0.4, -0.2) is 75.7 Å². The second-order valence-electron chi connectivity index (χ2n) is 6.36. The van der Waals surface area contributed by atoms with Crippen molar-refractivity contribution in [2.24, 2.45) is 5.41 Å². The van der Waals surface area contributed by atoms with Gasteiger partial charge in [0.25, 0.3) is 20.2 Å². The molecule has 0 aliphatic heterocycles. The molecule has 0 spiro atoms. The van der Waals surface area contributed by atoms with Gasteiger partial charge in [0.2, 0.25) is 6.29 Å². The SMILES string of the molecule is CCOC(=O)OC(C)OC(=O)[C@H](O)C(C)(C)COS(=O)(=O)CCCS(=O)(=O)O. The second kappa shape index (κ2) is 10.9. The van der Waals surface area contributed by atoms with Crippen molar-refractivity contribution in [2.45, 2.75) is 46.5 Å². The maximum atomic E-state index is 11.9. The van der Waals surface area contributed by atoms with Gasteiger partial charge in [-0.25, -0.2) is 9.59 Å². The van der Waals surface area contributed by atoms with Crippen LogP contribution in [0, 0.1) is 5.41 Å². The van der Waals surface area contributed by atoms with Crippen LogP contribution in [0.2, 0.25) is 0 Å². The molecule has 0 radical (unpaired) electrons. The highest BCUT2D eigenvalue weighted by atomic mass is 32.2. The lowest BCUT2D eigenvalue weighted by atomic mass is 9.88. The van der Waals surface area contributed by atoms with Crippen LogP contribution in [0.25, 0.3) is 0 Å². The summed E-state index contributed by atoms with van der Waals surface area (Å²) in [4.78, 5) is 23.1. The third-order valence-corrected chi connectivity index (χ3v) is 5.25. The highest BCUT2D eigenvalue weighted by molar-refractivity contribution is 7.87. The number of aliphatic hydroxyl groups is 1. The average Bonchev–Trinajstić information content (AvgIpc) is 2.50. The Hall–Kier alpha value is -1.48. The number of carbonyl (C=O) groups is 2. The standard InChI is InChI=1S/C14H26O12S2/c1-5-23-13(17)26-10(2)25-12(16)11(15)14(3,4)9-24-28(21,22)8-6-7-27(18,19)20/h10-11,15H,5-9H2,1-4H3,(H,18,19,20)/t10?,11-/m0/s1. The first-order valence-corrected chi connectivity index (χ1v) is 11.3. The molecule has 0 amide bonds. The number of rotatable bonds is 12. The Balaban J connectivity index is 4.65. The van der Waals surface area contributed by atoms with Gasteiger partial charge in [-0.1, -0.05) is 13.8 Å². The lowest BCUT2D eigenvalue weighted by molar-refractivity contribution is -0.184. The van der Waals surface area contributed by atoms with E-state index in [1.54, 1.807) is 6.92 Å². The first-order valence-electron chi connectivity index (χ1n) is 8.14. The molecule has 0 aromatic rings. The Morgan fingerprint density at radius 2 is 1.64 bits per heavy atom. The predicted molar refractivity (Wildman–Crippen MR) is 94.2 cm³/mol. The third-order valence-electron chi connectivity index (χ3n) is 3.18. The molecule has 28 heavy (non-hydrogen) atoms. The molecule has 14 heteroatoms. The maximum Gasteiger partial charge on any atom is 0.511 e. The normalized spacial score (nSPS) is 14.8. The maximum absolute atomic E-state index is 11.9. The van der Waals surface area contributed by atoms with Crippen molar-refractivity contribution < 1.29 is 54.5 Å². The Bertz CT molecular complexity index is 725. The molecule has 0 saturated carbocycles. The summed E-state index contributed by atoms with van der Waals surface area (Å²) in [5.74, 6) is -2.63. The third kappa shape index (κ3) is 11.4. The largest absolute Gasteiger partial charge is 0.511 e. The molecule has 0 rings (SSSR count). The van der Waals surface area contributed by atoms with Crippen molar-refractivity contribution in [3.05, 3.63) is 0 Å². The minimum absolute atomic E-state index is 0.0468. The summed E-state index contributed by atoms with van der Waals surface area (Å²) in [6.45, 7) is 4.83. The Morgan fingerprint density at radius 3 is 2.14 bits per heavy atom. The predicted octanol–water partition coefficient (Wildman–Crippen LogP) is 0.0601. The molecule has 2 atom stereocenters. The highest BCUT2D eigenvalue weighted by Gasteiger charge is 2.37. The Morgan fingerprint density at radius 1 is 1.07 bits per heavy atom. The fourth-order valence-corrected chi connectivity index (χ4v) is 3.45. The molecule has 166 valence electrons. The van der Waals surface area contributed by atoms with Crippen LogP contribution in [0.5, 0.6) is 0 Å². The zero-order valence-electron chi connectivity index (χ0n) is 16.0. The quantitative estimate of drug-likeness (QED) is 0.177. The van der Waals surface area contributed by atoms with Gasteiger partial charge in [-0.05, 0) is 13.3 Å². The van der Waals surface area contributed by atoms with Crippen LogP contribution in [-0.2, 0) is 43.4 Å². The monoisotopic (exact) mass is 450 g/mol. The molecule has 0 bridgehead atoms. The summed E-state index contributed by atoms with van der Waals surface area (Å²) >= 11 is 0. The average molecular weight is 450 g/mol. The minimum atomic E-state index is -4.30. The van der Waals surface area contributed by atoms with Crippen molar-refractivity contribution in [3.8, 4) is 0 Å². The van der Waals surface area contributed by atoms with Crippen LogP contribution in [0.4, 0.5) is 4.79 Å². The summed E-state index contributed by atoms with van der Waals surface area (Å²) in [6.07, 6.45) is -4.65. The van der Waals surface area contributed by atoms with Gasteiger partial charge in [0.1, 0.15) is 0 Å². The van der Waals surface area contributed by atoms with Crippen molar-refractivity contribution in [1.29, 1.82) is 0 Å². The second-order valence-corrected chi connectivity index (χ2v) is 9.69. The molecule has 0 fully saturated rings. The van der Waals surface area contributed by atoms with Gasteiger partial charge in [0.15, 0.2) is 6.10 Å².